The van der Waals surface area contributed by atoms with Gasteiger partial charge in [0, 0.05) is 0 Å². The lowest BCUT2D eigenvalue weighted by Gasteiger charge is -2.18. The van der Waals surface area contributed by atoms with Crippen molar-refractivity contribution in [3.63, 3.8) is 0 Å². The Bertz CT molecular complexity index is 671. The Labute approximate surface area is 113 Å². The summed E-state index contributed by atoms with van der Waals surface area (Å²) in [6, 6.07) is 1.37. The Hall–Kier alpha value is -1.82. The van der Waals surface area contributed by atoms with Crippen LogP contribution in [0.4, 0.5) is 32.0 Å². The molecule has 12 heteroatoms. The van der Waals surface area contributed by atoms with E-state index in [1.54, 1.807) is 0 Å². The molecular weight excluding hydrogens is 330 g/mol. The zero-order valence-electron chi connectivity index (χ0n) is 9.71. The maximum Gasteiger partial charge on any atom is 0.463 e. The van der Waals surface area contributed by atoms with Gasteiger partial charge in [-0.25, -0.2) is 17.9 Å². The van der Waals surface area contributed by atoms with Gasteiger partial charge in [-0.15, -0.1) is 0 Å². The summed E-state index contributed by atoms with van der Waals surface area (Å²) in [4.78, 5) is 10.1. The quantitative estimate of drug-likeness (QED) is 0.822. The average molecular weight is 336 g/mol. The fraction of sp³-hybridized carbons (Fsp3) is 0.222. The molecule has 0 bridgehead atoms. The second-order valence-electron chi connectivity index (χ2n) is 3.71. The minimum atomic E-state index is -6.16. The highest BCUT2D eigenvalue weighted by atomic mass is 32.2. The van der Waals surface area contributed by atoms with Gasteiger partial charge in [-0.3, -0.25) is 4.79 Å². The third-order valence-electron chi connectivity index (χ3n) is 2.16. The topological polar surface area (TPSA) is 89.3 Å². The predicted molar refractivity (Wildman–Crippen MR) is 57.4 cm³/mol. The highest BCUT2D eigenvalue weighted by Crippen LogP contribution is 2.36. The molecule has 0 saturated heterocycles. The first-order chi connectivity index (χ1) is 9.26. The minimum Gasteiger partial charge on any atom is -0.318 e. The van der Waals surface area contributed by atoms with Crippen molar-refractivity contribution >= 4 is 21.6 Å². The summed E-state index contributed by atoms with van der Waals surface area (Å²) in [5, 5.41) is 5.67. The Morgan fingerprint density at radius 3 is 2.05 bits per heavy atom. The number of primary sulfonamides is 1. The molecule has 0 saturated carbocycles. The molecule has 118 valence electrons. The second-order valence-corrected chi connectivity index (χ2v) is 5.27. The van der Waals surface area contributed by atoms with E-state index < -0.39 is 44.4 Å². The number of sulfonamides is 1. The van der Waals surface area contributed by atoms with E-state index in [-0.39, 0.29) is 6.07 Å². The smallest absolute Gasteiger partial charge is 0.318 e. The minimum absolute atomic E-state index is 0.261. The molecule has 0 heterocycles. The van der Waals surface area contributed by atoms with Gasteiger partial charge in [0.2, 0.25) is 10.0 Å². The summed E-state index contributed by atoms with van der Waals surface area (Å²) < 4.78 is 96.1. The van der Waals surface area contributed by atoms with Crippen LogP contribution in [-0.2, 0) is 14.8 Å². The summed E-state index contributed by atoms with van der Waals surface area (Å²) in [7, 11) is -4.30. The molecule has 1 aromatic carbocycles. The molecule has 0 aliphatic heterocycles. The maximum atomic E-state index is 13.4. The third kappa shape index (κ3) is 3.64. The number of hydrogen-bond donors (Lipinski definition) is 2. The van der Waals surface area contributed by atoms with E-state index in [0.29, 0.717) is 12.1 Å². The number of alkyl halides is 5. The summed E-state index contributed by atoms with van der Waals surface area (Å²) in [6.45, 7) is 0. The third-order valence-corrected chi connectivity index (χ3v) is 3.07. The number of carbonyl (C=O) groups is 1. The number of carbonyl (C=O) groups excluding carboxylic acids is 1. The molecule has 3 N–H and O–H groups in total. The Morgan fingerprint density at radius 2 is 1.67 bits per heavy atom. The highest BCUT2D eigenvalue weighted by molar-refractivity contribution is 7.89. The first kappa shape index (κ1) is 17.2. The van der Waals surface area contributed by atoms with Gasteiger partial charge >= 0.3 is 18.0 Å². The number of nitrogens with two attached hydrogens (primary N) is 1. The van der Waals surface area contributed by atoms with Crippen LogP contribution >= 0.6 is 0 Å². The van der Waals surface area contributed by atoms with Gasteiger partial charge in [0.1, 0.15) is 5.82 Å². The molecule has 0 radical (unpaired) electrons. The van der Waals surface area contributed by atoms with Gasteiger partial charge in [0.25, 0.3) is 0 Å². The van der Waals surface area contributed by atoms with Gasteiger partial charge in [0.15, 0.2) is 0 Å². The van der Waals surface area contributed by atoms with Gasteiger partial charge in [-0.05, 0) is 18.2 Å². The summed E-state index contributed by atoms with van der Waals surface area (Å²) in [6.07, 6.45) is -6.16. The Balaban J connectivity index is 3.08. The Morgan fingerprint density at radius 1 is 1.14 bits per heavy atom. The number of halogens is 6. The van der Waals surface area contributed by atoms with Crippen molar-refractivity contribution in [3.05, 3.63) is 24.0 Å². The normalized spacial score (nSPS) is 13.1. The fourth-order valence-corrected chi connectivity index (χ4v) is 1.63. The molecule has 1 aromatic rings. The van der Waals surface area contributed by atoms with Crippen molar-refractivity contribution in [2.24, 2.45) is 5.14 Å². The SMILES string of the molecule is NS(=O)(=O)c1ccc(NC(=O)C(F)(F)C(F)(F)F)c(F)c1. The zero-order chi connectivity index (χ0) is 16.6. The zero-order valence-corrected chi connectivity index (χ0v) is 10.5. The van der Waals surface area contributed by atoms with E-state index in [9.17, 15) is 39.6 Å². The molecule has 5 nitrogen and oxygen atoms in total. The number of benzene rings is 1. The molecule has 0 aliphatic rings. The summed E-state index contributed by atoms with van der Waals surface area (Å²) in [5.74, 6) is -10.1. The van der Waals surface area contributed by atoms with Crippen molar-refractivity contribution in [2.75, 3.05) is 5.32 Å². The lowest BCUT2D eigenvalue weighted by Crippen LogP contribution is -2.47. The van der Waals surface area contributed by atoms with E-state index in [2.05, 4.69) is 5.14 Å². The number of anilines is 1. The van der Waals surface area contributed by atoms with Gasteiger partial charge in [0.05, 0.1) is 10.6 Å². The molecule has 0 aromatic heterocycles. The van der Waals surface area contributed by atoms with Crippen LogP contribution in [0, 0.1) is 5.82 Å². The van der Waals surface area contributed by atoms with E-state index >= 15 is 0 Å². The number of amides is 1. The van der Waals surface area contributed by atoms with Crippen molar-refractivity contribution in [1.29, 1.82) is 0 Å². The van der Waals surface area contributed by atoms with E-state index in [4.69, 9.17) is 0 Å². The first-order valence-corrected chi connectivity index (χ1v) is 6.40. The van der Waals surface area contributed by atoms with Crippen molar-refractivity contribution in [2.45, 2.75) is 17.0 Å². The number of rotatable bonds is 3. The van der Waals surface area contributed by atoms with Crippen LogP contribution in [0.15, 0.2) is 23.1 Å². The molecule has 0 unspecified atom stereocenters. The van der Waals surface area contributed by atoms with E-state index in [0.717, 1.165) is 5.32 Å². The second kappa shape index (κ2) is 5.18. The molecule has 1 amide bonds. The molecule has 0 fully saturated rings. The molecule has 0 aliphatic carbocycles. The van der Waals surface area contributed by atoms with Crippen molar-refractivity contribution in [3.8, 4) is 0 Å². The van der Waals surface area contributed by atoms with Gasteiger partial charge < -0.3 is 5.32 Å². The average Bonchev–Trinajstić information content (AvgIpc) is 2.28. The first-order valence-electron chi connectivity index (χ1n) is 4.85. The number of nitrogens with one attached hydrogen (secondary N) is 1. The van der Waals surface area contributed by atoms with Crippen LogP contribution in [0.3, 0.4) is 0 Å². The van der Waals surface area contributed by atoms with Crippen LogP contribution in [0.5, 0.6) is 0 Å². The predicted octanol–water partition coefficient (Wildman–Crippen LogP) is 1.61. The van der Waals surface area contributed by atoms with E-state index in [1.165, 1.54) is 0 Å². The monoisotopic (exact) mass is 336 g/mol. The lowest BCUT2D eigenvalue weighted by atomic mass is 10.2. The van der Waals surface area contributed by atoms with Crippen molar-refractivity contribution in [1.82, 2.24) is 0 Å². The number of hydrogen-bond acceptors (Lipinski definition) is 3. The van der Waals surface area contributed by atoms with Gasteiger partial charge in [-0.2, -0.15) is 22.0 Å². The fourth-order valence-electron chi connectivity index (χ4n) is 1.10. The van der Waals surface area contributed by atoms with Crippen molar-refractivity contribution < 1.29 is 39.6 Å². The lowest BCUT2D eigenvalue weighted by molar-refractivity contribution is -0.267. The molecule has 21 heavy (non-hydrogen) atoms. The van der Waals surface area contributed by atoms with Crippen LogP contribution < -0.4 is 10.5 Å². The molecule has 0 atom stereocenters. The largest absolute Gasteiger partial charge is 0.463 e. The summed E-state index contributed by atoms with van der Waals surface area (Å²) in [5.41, 5.74) is -1.06. The van der Waals surface area contributed by atoms with Crippen LogP contribution in [0.2, 0.25) is 0 Å². The Kier molecular flexibility index (Phi) is 4.25. The van der Waals surface area contributed by atoms with Crippen LogP contribution in [-0.4, -0.2) is 26.4 Å². The molecule has 0 spiro atoms. The van der Waals surface area contributed by atoms with Gasteiger partial charge in [-0.1, -0.05) is 0 Å². The van der Waals surface area contributed by atoms with Crippen LogP contribution in [0.1, 0.15) is 0 Å². The van der Waals surface area contributed by atoms with E-state index in [1.807, 2.05) is 0 Å². The summed E-state index contributed by atoms with van der Waals surface area (Å²) >= 11 is 0. The van der Waals surface area contributed by atoms with Crippen LogP contribution in [0.25, 0.3) is 0 Å². The standard InChI is InChI=1S/C9H6F6N2O3S/c10-5-3-4(21(16,19)20)1-2-6(5)17-7(18)8(11,12)9(13,14)15/h1-3H,(H,17,18)(H2,16,19,20). The molecular formula is C9H6F6N2O3S. The maximum absolute atomic E-state index is 13.4. The molecule has 1 rings (SSSR count). The highest BCUT2D eigenvalue weighted by Gasteiger charge is 2.63.